The van der Waals surface area contributed by atoms with Gasteiger partial charge in [-0.05, 0) is 67.1 Å². The summed E-state index contributed by atoms with van der Waals surface area (Å²) >= 11 is 1.97. The SMILES string of the molecule is Cn1c(C(=O)NNC(=O)OC(C)(C)C)cc(-c2cccc(OC(F)(F)F)c2)c1I. The zero-order chi connectivity index (χ0) is 22.0. The van der Waals surface area contributed by atoms with Crippen LogP contribution in [0.3, 0.4) is 0 Å². The van der Waals surface area contributed by atoms with Crippen LogP contribution >= 0.6 is 22.6 Å². The van der Waals surface area contributed by atoms with Crippen molar-refractivity contribution in [3.05, 3.63) is 39.7 Å². The molecule has 2 aromatic rings. The summed E-state index contributed by atoms with van der Waals surface area (Å²) in [5.41, 5.74) is 4.80. The molecule has 1 aromatic heterocycles. The van der Waals surface area contributed by atoms with E-state index in [-0.39, 0.29) is 11.4 Å². The number of alkyl halides is 3. The number of carbonyl (C=O) groups excluding carboxylic acids is 2. The van der Waals surface area contributed by atoms with Crippen LogP contribution in [0.15, 0.2) is 30.3 Å². The lowest BCUT2D eigenvalue weighted by atomic mass is 10.1. The molecule has 0 bridgehead atoms. The maximum absolute atomic E-state index is 12.5. The van der Waals surface area contributed by atoms with Crippen molar-refractivity contribution in [1.82, 2.24) is 15.4 Å². The average molecular weight is 525 g/mol. The van der Waals surface area contributed by atoms with Gasteiger partial charge in [-0.3, -0.25) is 10.2 Å². The van der Waals surface area contributed by atoms with Crippen LogP contribution in [0.1, 0.15) is 31.3 Å². The van der Waals surface area contributed by atoms with E-state index in [1.54, 1.807) is 38.5 Å². The van der Waals surface area contributed by atoms with E-state index in [0.29, 0.717) is 14.8 Å². The quantitative estimate of drug-likeness (QED) is 0.461. The van der Waals surface area contributed by atoms with Crippen molar-refractivity contribution in [1.29, 1.82) is 0 Å². The third kappa shape index (κ3) is 6.54. The van der Waals surface area contributed by atoms with Gasteiger partial charge in [0.2, 0.25) is 0 Å². The summed E-state index contributed by atoms with van der Waals surface area (Å²) in [6.07, 6.45) is -5.63. The fourth-order valence-corrected chi connectivity index (χ4v) is 3.06. The van der Waals surface area contributed by atoms with E-state index in [1.807, 2.05) is 22.6 Å². The van der Waals surface area contributed by atoms with Gasteiger partial charge in [-0.1, -0.05) is 12.1 Å². The topological polar surface area (TPSA) is 81.6 Å². The van der Waals surface area contributed by atoms with Gasteiger partial charge >= 0.3 is 12.5 Å². The van der Waals surface area contributed by atoms with Crippen molar-refractivity contribution < 1.29 is 32.2 Å². The number of hydrogen-bond acceptors (Lipinski definition) is 4. The minimum Gasteiger partial charge on any atom is -0.443 e. The average Bonchev–Trinajstić information content (AvgIpc) is 2.85. The van der Waals surface area contributed by atoms with Crippen molar-refractivity contribution in [2.24, 2.45) is 7.05 Å². The van der Waals surface area contributed by atoms with E-state index in [9.17, 15) is 22.8 Å². The van der Waals surface area contributed by atoms with Crippen molar-refractivity contribution in [3.8, 4) is 16.9 Å². The summed E-state index contributed by atoms with van der Waals surface area (Å²) in [6, 6.07) is 6.93. The minimum atomic E-state index is -4.80. The Hall–Kier alpha value is -2.44. The van der Waals surface area contributed by atoms with Crippen LogP contribution in [0.25, 0.3) is 11.1 Å². The first-order chi connectivity index (χ1) is 13.3. The summed E-state index contributed by atoms with van der Waals surface area (Å²) < 4.78 is 48.5. The maximum atomic E-state index is 12.5. The zero-order valence-electron chi connectivity index (χ0n) is 16.0. The molecule has 158 valence electrons. The molecule has 0 aliphatic carbocycles. The Balaban J connectivity index is 2.20. The van der Waals surface area contributed by atoms with Gasteiger partial charge < -0.3 is 14.0 Å². The van der Waals surface area contributed by atoms with Crippen LogP contribution in [0, 0.1) is 3.70 Å². The number of amides is 2. The van der Waals surface area contributed by atoms with Crippen LogP contribution in [0.4, 0.5) is 18.0 Å². The number of nitrogens with zero attached hydrogens (tertiary/aromatic N) is 1. The third-order valence-electron chi connectivity index (χ3n) is 3.45. The fourth-order valence-electron chi connectivity index (χ4n) is 2.34. The van der Waals surface area contributed by atoms with Crippen LogP contribution in [0.2, 0.25) is 0 Å². The molecule has 0 fully saturated rings. The second kappa shape index (κ2) is 8.51. The standard InChI is InChI=1S/C18H19F3IN3O4/c1-17(2,3)29-16(27)24-23-15(26)13-9-12(14(22)25(13)4)10-6-5-7-11(8-10)28-18(19,20)21/h5-9H,1-4H3,(H,23,26)(H,24,27). The Bertz CT molecular complexity index is 920. The van der Waals surface area contributed by atoms with Crippen molar-refractivity contribution in [3.63, 3.8) is 0 Å². The van der Waals surface area contributed by atoms with Gasteiger partial charge in [0, 0.05) is 12.6 Å². The second-order valence-corrected chi connectivity index (χ2v) is 7.97. The Morgan fingerprint density at radius 3 is 2.34 bits per heavy atom. The summed E-state index contributed by atoms with van der Waals surface area (Å²) in [7, 11) is 1.61. The molecule has 0 radical (unpaired) electrons. The van der Waals surface area contributed by atoms with E-state index in [0.717, 1.165) is 0 Å². The van der Waals surface area contributed by atoms with Crippen molar-refractivity contribution in [2.45, 2.75) is 32.7 Å². The molecule has 0 aliphatic rings. The molecule has 11 heteroatoms. The van der Waals surface area contributed by atoms with E-state index < -0.39 is 24.0 Å². The molecule has 1 heterocycles. The zero-order valence-corrected chi connectivity index (χ0v) is 18.1. The lowest BCUT2D eigenvalue weighted by Crippen LogP contribution is -2.44. The van der Waals surface area contributed by atoms with Gasteiger partial charge in [0.05, 0.1) is 3.70 Å². The molecule has 0 unspecified atom stereocenters. The first kappa shape index (κ1) is 22.8. The molecule has 0 atom stereocenters. The van der Waals surface area contributed by atoms with Gasteiger partial charge in [0.15, 0.2) is 0 Å². The highest BCUT2D eigenvalue weighted by molar-refractivity contribution is 14.1. The number of nitrogens with one attached hydrogen (secondary N) is 2. The fraction of sp³-hybridized carbons (Fsp3) is 0.333. The molecular weight excluding hydrogens is 506 g/mol. The van der Waals surface area contributed by atoms with Gasteiger partial charge in [-0.15, -0.1) is 13.2 Å². The molecule has 0 saturated heterocycles. The lowest BCUT2D eigenvalue weighted by molar-refractivity contribution is -0.274. The summed E-state index contributed by atoms with van der Waals surface area (Å²) in [6.45, 7) is 5.03. The maximum Gasteiger partial charge on any atom is 0.573 e. The number of hydrazine groups is 1. The number of rotatable bonds is 3. The predicted octanol–water partition coefficient (Wildman–Crippen LogP) is 4.36. The number of ether oxygens (including phenoxy) is 2. The summed E-state index contributed by atoms with van der Waals surface area (Å²) in [5, 5.41) is 0. The molecule has 0 saturated carbocycles. The van der Waals surface area contributed by atoms with E-state index in [2.05, 4.69) is 15.6 Å². The molecule has 7 nitrogen and oxygen atoms in total. The molecule has 0 aliphatic heterocycles. The predicted molar refractivity (Wildman–Crippen MR) is 107 cm³/mol. The number of carbonyl (C=O) groups is 2. The van der Waals surface area contributed by atoms with Gasteiger partial charge in [-0.25, -0.2) is 10.2 Å². The first-order valence-electron chi connectivity index (χ1n) is 8.27. The molecule has 29 heavy (non-hydrogen) atoms. The molecule has 1 aromatic carbocycles. The van der Waals surface area contributed by atoms with Gasteiger partial charge in [0.25, 0.3) is 5.91 Å². The first-order valence-corrected chi connectivity index (χ1v) is 9.35. The highest BCUT2D eigenvalue weighted by Gasteiger charge is 2.31. The van der Waals surface area contributed by atoms with Gasteiger partial charge in [-0.2, -0.15) is 0 Å². The van der Waals surface area contributed by atoms with Crippen LogP contribution in [-0.4, -0.2) is 28.5 Å². The second-order valence-electron chi connectivity index (χ2n) is 6.95. The van der Waals surface area contributed by atoms with Crippen LogP contribution < -0.4 is 15.6 Å². The number of aromatic nitrogens is 1. The number of benzene rings is 1. The van der Waals surface area contributed by atoms with Crippen LogP contribution in [0.5, 0.6) is 5.75 Å². The van der Waals surface area contributed by atoms with E-state index in [4.69, 9.17) is 4.74 Å². The van der Waals surface area contributed by atoms with E-state index >= 15 is 0 Å². The molecule has 0 spiro atoms. The summed E-state index contributed by atoms with van der Waals surface area (Å²) in [5.74, 6) is -0.988. The normalized spacial score (nSPS) is 11.7. The van der Waals surface area contributed by atoms with E-state index in [1.165, 1.54) is 24.3 Å². The highest BCUT2D eigenvalue weighted by atomic mass is 127. The Morgan fingerprint density at radius 2 is 1.76 bits per heavy atom. The number of halogens is 4. The third-order valence-corrected chi connectivity index (χ3v) is 4.75. The molecule has 2 N–H and O–H groups in total. The number of hydrogen-bond donors (Lipinski definition) is 2. The summed E-state index contributed by atoms with van der Waals surface area (Å²) in [4.78, 5) is 24.1. The van der Waals surface area contributed by atoms with Crippen molar-refractivity contribution >= 4 is 34.6 Å². The Morgan fingerprint density at radius 1 is 1.10 bits per heavy atom. The Labute approximate surface area is 178 Å². The van der Waals surface area contributed by atoms with Gasteiger partial charge in [0.1, 0.15) is 17.0 Å². The molecular formula is C18H19F3IN3O4. The molecule has 2 rings (SSSR count). The van der Waals surface area contributed by atoms with Crippen molar-refractivity contribution in [2.75, 3.05) is 0 Å². The monoisotopic (exact) mass is 525 g/mol. The van der Waals surface area contributed by atoms with Crippen LogP contribution in [-0.2, 0) is 11.8 Å². The smallest absolute Gasteiger partial charge is 0.443 e. The molecule has 2 amide bonds. The largest absolute Gasteiger partial charge is 0.573 e. The lowest BCUT2D eigenvalue weighted by Gasteiger charge is -2.19. The minimum absolute atomic E-state index is 0.183. The highest BCUT2D eigenvalue weighted by Crippen LogP contribution is 2.32. The Kier molecular flexibility index (Phi) is 6.71.